The summed E-state index contributed by atoms with van der Waals surface area (Å²) in [6.07, 6.45) is -16.7. The van der Waals surface area contributed by atoms with Crippen LogP contribution in [0.2, 0.25) is 0 Å². The number of phenolic OH excluding ortho intramolecular Hbond substituents is 2. The maximum atomic E-state index is 12.7. The molecule has 1 aromatic heterocycles. The predicted molar refractivity (Wildman–Crippen MR) is 138 cm³/mol. The van der Waals surface area contributed by atoms with Crippen molar-refractivity contribution in [2.24, 2.45) is 0 Å². The fraction of sp³-hybridized carbons (Fsp3) is 0.444. The van der Waals surface area contributed by atoms with Crippen LogP contribution < -0.4 is 10.2 Å². The zero-order valence-electron chi connectivity index (χ0n) is 21.7. The fourth-order valence-corrected chi connectivity index (χ4v) is 4.78. The highest BCUT2D eigenvalue weighted by Gasteiger charge is 2.48. The van der Waals surface area contributed by atoms with Crippen molar-refractivity contribution in [3.63, 3.8) is 0 Å². The summed E-state index contributed by atoms with van der Waals surface area (Å²) in [7, 11) is 0. The molecular weight excluding hydrogens is 564 g/mol. The minimum Gasteiger partial charge on any atom is -0.504 e. The third kappa shape index (κ3) is 5.55. The second-order valence-electron chi connectivity index (χ2n) is 9.95. The van der Waals surface area contributed by atoms with E-state index in [0.717, 1.165) is 12.1 Å². The number of ether oxygens (including phenoxy) is 4. The fourth-order valence-electron chi connectivity index (χ4n) is 4.78. The van der Waals surface area contributed by atoms with Gasteiger partial charge in [-0.25, -0.2) is 0 Å². The Morgan fingerprint density at radius 2 is 1.36 bits per heavy atom. The molecule has 2 aliphatic rings. The molecule has 2 aliphatic heterocycles. The predicted octanol–water partition coefficient (Wildman–Crippen LogP) is -2.13. The van der Waals surface area contributed by atoms with Crippen LogP contribution in [0.4, 0.5) is 0 Å². The maximum Gasteiger partial charge on any atom is 0.229 e. The normalized spacial score (nSPS) is 33.5. The van der Waals surface area contributed by atoms with Crippen molar-refractivity contribution in [1.82, 2.24) is 0 Å². The third-order valence-corrected chi connectivity index (χ3v) is 7.17. The van der Waals surface area contributed by atoms with E-state index in [1.807, 2.05) is 0 Å². The zero-order chi connectivity index (χ0) is 30.3. The van der Waals surface area contributed by atoms with Crippen molar-refractivity contribution < 1.29 is 69.3 Å². The molecule has 0 amide bonds. The minimum absolute atomic E-state index is 0.155. The monoisotopic (exact) mass is 594 g/mol. The van der Waals surface area contributed by atoms with Crippen LogP contribution in [0.15, 0.2) is 51.7 Å². The number of rotatable bonds is 7. The molecule has 0 unspecified atom stereocenters. The summed E-state index contributed by atoms with van der Waals surface area (Å²) >= 11 is 0. The van der Waals surface area contributed by atoms with Gasteiger partial charge in [0.15, 0.2) is 23.2 Å². The lowest BCUT2D eigenvalue weighted by Gasteiger charge is -2.42. The Hall–Kier alpha value is -3.35. The number of hydrogen-bond donors (Lipinski definition) is 9. The summed E-state index contributed by atoms with van der Waals surface area (Å²) < 4.78 is 27.5. The van der Waals surface area contributed by atoms with Crippen LogP contribution >= 0.6 is 0 Å². The number of benzene rings is 2. The Kier molecular flexibility index (Phi) is 8.68. The Morgan fingerprint density at radius 3 is 2.02 bits per heavy atom. The third-order valence-electron chi connectivity index (χ3n) is 7.17. The van der Waals surface area contributed by atoms with Gasteiger partial charge in [0.2, 0.25) is 12.0 Å². The largest absolute Gasteiger partial charge is 0.504 e. The molecule has 10 atom stereocenters. The molecule has 0 spiro atoms. The lowest BCUT2D eigenvalue weighted by atomic mass is 9.98. The average Bonchev–Trinajstić information content (AvgIpc) is 2.99. The van der Waals surface area contributed by atoms with Gasteiger partial charge in [-0.2, -0.15) is 0 Å². The van der Waals surface area contributed by atoms with Gasteiger partial charge in [0.25, 0.3) is 0 Å². The molecule has 2 fully saturated rings. The quantitative estimate of drug-likeness (QED) is 0.133. The van der Waals surface area contributed by atoms with Crippen molar-refractivity contribution in [3.05, 3.63) is 52.7 Å². The van der Waals surface area contributed by atoms with Crippen LogP contribution in [0, 0.1) is 0 Å². The number of phenols is 2. The van der Waals surface area contributed by atoms with Crippen molar-refractivity contribution >= 4 is 11.0 Å². The van der Waals surface area contributed by atoms with Crippen LogP contribution in [0.3, 0.4) is 0 Å². The summed E-state index contributed by atoms with van der Waals surface area (Å²) in [6.45, 7) is -1.32. The summed E-state index contributed by atoms with van der Waals surface area (Å²) in [5.41, 5.74) is -0.288. The van der Waals surface area contributed by atoms with Crippen LogP contribution in [-0.4, -0.2) is 121 Å². The lowest BCUT2D eigenvalue weighted by Crippen LogP contribution is -2.62. The smallest absolute Gasteiger partial charge is 0.229 e. The molecule has 15 heteroatoms. The van der Waals surface area contributed by atoms with Crippen LogP contribution in [0.5, 0.6) is 17.2 Å². The van der Waals surface area contributed by atoms with Gasteiger partial charge in [0.1, 0.15) is 65.6 Å². The van der Waals surface area contributed by atoms with E-state index in [1.54, 1.807) is 30.3 Å². The molecule has 42 heavy (non-hydrogen) atoms. The Balaban J connectivity index is 1.37. The van der Waals surface area contributed by atoms with Crippen molar-refractivity contribution in [2.75, 3.05) is 13.2 Å². The van der Waals surface area contributed by atoms with E-state index in [0.29, 0.717) is 5.56 Å². The van der Waals surface area contributed by atoms with Gasteiger partial charge < -0.3 is 69.3 Å². The topological polar surface area (TPSA) is 249 Å². The highest BCUT2D eigenvalue weighted by Crippen LogP contribution is 2.42. The molecular formula is C27H30O15. The minimum atomic E-state index is -1.89. The number of fused-ring (bicyclic) bond motifs is 1. The molecule has 0 aliphatic carbocycles. The highest BCUT2D eigenvalue weighted by atomic mass is 16.7. The summed E-state index contributed by atoms with van der Waals surface area (Å²) in [5, 5.41) is 91.6. The molecule has 2 aromatic carbocycles. The molecule has 0 radical (unpaired) electrons. The number of hydrogen-bond acceptors (Lipinski definition) is 15. The molecule has 3 aromatic rings. The van der Waals surface area contributed by atoms with E-state index in [-0.39, 0.29) is 16.7 Å². The Bertz CT molecular complexity index is 1440. The molecule has 15 nitrogen and oxygen atoms in total. The van der Waals surface area contributed by atoms with Gasteiger partial charge in [-0.15, -0.1) is 0 Å². The first-order chi connectivity index (χ1) is 20.0. The van der Waals surface area contributed by atoms with Crippen molar-refractivity contribution in [2.45, 2.75) is 61.4 Å². The van der Waals surface area contributed by atoms with E-state index in [2.05, 4.69) is 0 Å². The second kappa shape index (κ2) is 12.1. The number of aliphatic hydroxyl groups is 7. The van der Waals surface area contributed by atoms with Gasteiger partial charge in [0.05, 0.1) is 13.2 Å². The first-order valence-corrected chi connectivity index (χ1v) is 12.9. The SMILES string of the molecule is O=c1cc(-c2ccccc2)oc2cc(O[C@H]3O[C@@H](CO[C@H]4O[C@@H](CO)[C@H](O)[C@@H](O)[C@@H]4O)[C@H](O)[C@@H](O)[C@@H]3O)c(O)c(O)c12. The van der Waals surface area contributed by atoms with Gasteiger partial charge in [-0.1, -0.05) is 30.3 Å². The highest BCUT2D eigenvalue weighted by molar-refractivity contribution is 5.89. The second-order valence-corrected chi connectivity index (χ2v) is 9.95. The van der Waals surface area contributed by atoms with Gasteiger partial charge in [-0.05, 0) is 0 Å². The van der Waals surface area contributed by atoms with Crippen molar-refractivity contribution in [1.29, 1.82) is 0 Å². The van der Waals surface area contributed by atoms with Gasteiger partial charge >= 0.3 is 0 Å². The Morgan fingerprint density at radius 1 is 0.738 bits per heavy atom. The molecule has 2 saturated heterocycles. The van der Waals surface area contributed by atoms with E-state index in [1.165, 1.54) is 0 Å². The first-order valence-electron chi connectivity index (χ1n) is 12.9. The van der Waals surface area contributed by atoms with E-state index < -0.39 is 97.3 Å². The van der Waals surface area contributed by atoms with Crippen molar-refractivity contribution in [3.8, 4) is 28.6 Å². The van der Waals surface area contributed by atoms with Gasteiger partial charge in [-0.3, -0.25) is 4.79 Å². The molecule has 0 saturated carbocycles. The summed E-state index contributed by atoms with van der Waals surface area (Å²) in [6, 6.07) is 10.8. The number of aromatic hydroxyl groups is 2. The zero-order valence-corrected chi connectivity index (χ0v) is 21.7. The number of aliphatic hydroxyl groups excluding tert-OH is 7. The summed E-state index contributed by atoms with van der Waals surface area (Å²) in [4.78, 5) is 12.7. The molecule has 228 valence electrons. The van der Waals surface area contributed by atoms with Crippen LogP contribution in [0.25, 0.3) is 22.3 Å². The first kappa shape index (κ1) is 30.1. The van der Waals surface area contributed by atoms with Gasteiger partial charge in [0, 0.05) is 17.7 Å². The van der Waals surface area contributed by atoms with E-state index in [9.17, 15) is 50.8 Å². The molecule has 0 bridgehead atoms. The van der Waals surface area contributed by atoms with Crippen LogP contribution in [-0.2, 0) is 14.2 Å². The lowest BCUT2D eigenvalue weighted by molar-refractivity contribution is -0.323. The standard InChI is InChI=1S/C27H30O15/c28-8-15-19(31)22(34)24(36)26(41-15)38-9-16-20(32)23(35)25(37)27(42-16)40-14-7-13-17(21(33)18(14)30)11(29)6-12(39-13)10-4-2-1-3-5-10/h1-7,15-16,19-20,22-28,30-37H,8-9H2/t15-,16-,19-,20-,22+,23+,24-,25-,26-,27-/m0/s1. The summed E-state index contributed by atoms with van der Waals surface area (Å²) in [5.74, 6) is -2.12. The molecule has 9 N–H and O–H groups in total. The van der Waals surface area contributed by atoms with E-state index >= 15 is 0 Å². The Labute approximate surface area is 236 Å². The average molecular weight is 595 g/mol. The molecule has 5 rings (SSSR count). The maximum absolute atomic E-state index is 12.7. The van der Waals surface area contributed by atoms with E-state index in [4.69, 9.17) is 23.4 Å². The van der Waals surface area contributed by atoms with Crippen LogP contribution in [0.1, 0.15) is 0 Å². The molecule has 3 heterocycles.